The van der Waals surface area contributed by atoms with Crippen molar-refractivity contribution in [2.45, 2.75) is 19.4 Å². The summed E-state index contributed by atoms with van der Waals surface area (Å²) >= 11 is 0. The predicted molar refractivity (Wildman–Crippen MR) is 61.2 cm³/mol. The van der Waals surface area contributed by atoms with E-state index >= 15 is 0 Å². The van der Waals surface area contributed by atoms with Crippen molar-refractivity contribution in [3.05, 3.63) is 33.9 Å². The first-order valence-electron chi connectivity index (χ1n) is 5.27. The maximum atomic E-state index is 10.8. The van der Waals surface area contributed by atoms with E-state index in [9.17, 15) is 14.9 Å². The molecule has 0 heterocycles. The maximum absolute atomic E-state index is 10.8. The van der Waals surface area contributed by atoms with Gasteiger partial charge in [-0.05, 0) is 24.5 Å². The van der Waals surface area contributed by atoms with Crippen LogP contribution < -0.4 is 5.32 Å². The number of carboxylic acid groups (broad SMARTS) is 1. The highest BCUT2D eigenvalue weighted by Gasteiger charge is 2.34. The number of carbonyl (C=O) groups is 1. The summed E-state index contributed by atoms with van der Waals surface area (Å²) in [5, 5.41) is 22.7. The molecule has 2 atom stereocenters. The van der Waals surface area contributed by atoms with Gasteiger partial charge < -0.3 is 10.4 Å². The second-order valence-electron chi connectivity index (χ2n) is 4.26. The monoisotopic (exact) mass is 236 g/mol. The Kier molecular flexibility index (Phi) is 2.71. The summed E-state index contributed by atoms with van der Waals surface area (Å²) in [4.78, 5) is 21.1. The van der Waals surface area contributed by atoms with Crippen molar-refractivity contribution in [1.82, 2.24) is 0 Å². The molecular weight excluding hydrogens is 224 g/mol. The molecule has 2 N–H and O–H groups in total. The van der Waals surface area contributed by atoms with Crippen LogP contribution in [0.2, 0.25) is 0 Å². The summed E-state index contributed by atoms with van der Waals surface area (Å²) in [6.45, 7) is 2.03. The fourth-order valence-corrected chi connectivity index (χ4v) is 1.67. The van der Waals surface area contributed by atoms with Crippen molar-refractivity contribution < 1.29 is 14.8 Å². The molecule has 0 aromatic heterocycles. The smallest absolute Gasteiger partial charge is 0.335 e. The second kappa shape index (κ2) is 4.04. The molecule has 0 spiro atoms. The van der Waals surface area contributed by atoms with E-state index in [1.807, 2.05) is 6.92 Å². The molecule has 0 aliphatic heterocycles. The maximum Gasteiger partial charge on any atom is 0.335 e. The van der Waals surface area contributed by atoms with Crippen LogP contribution in [0.4, 0.5) is 11.4 Å². The quantitative estimate of drug-likeness (QED) is 0.617. The summed E-state index contributed by atoms with van der Waals surface area (Å²) < 4.78 is 0. The summed E-state index contributed by atoms with van der Waals surface area (Å²) in [6.07, 6.45) is 0.953. The van der Waals surface area contributed by atoms with Crippen LogP contribution >= 0.6 is 0 Å². The molecule has 1 aromatic rings. The van der Waals surface area contributed by atoms with Gasteiger partial charge in [-0.2, -0.15) is 0 Å². The summed E-state index contributed by atoms with van der Waals surface area (Å²) in [7, 11) is 0. The average Bonchev–Trinajstić information content (AvgIpc) is 2.93. The Morgan fingerprint density at radius 1 is 1.59 bits per heavy atom. The number of rotatable bonds is 4. The summed E-state index contributed by atoms with van der Waals surface area (Å²) in [5.74, 6) is -0.616. The number of nitrogens with one attached hydrogen (secondary N) is 1. The van der Waals surface area contributed by atoms with Gasteiger partial charge in [0, 0.05) is 12.1 Å². The zero-order valence-corrected chi connectivity index (χ0v) is 9.21. The fourth-order valence-electron chi connectivity index (χ4n) is 1.67. The minimum atomic E-state index is -1.09. The van der Waals surface area contributed by atoms with Gasteiger partial charge in [0.15, 0.2) is 0 Å². The summed E-state index contributed by atoms with van der Waals surface area (Å²) in [5.41, 5.74) is 0.241. The van der Waals surface area contributed by atoms with E-state index in [1.54, 1.807) is 0 Å². The van der Waals surface area contributed by atoms with Crippen molar-refractivity contribution in [2.24, 2.45) is 5.92 Å². The molecule has 1 aliphatic carbocycles. The molecule has 2 unspecified atom stereocenters. The molecule has 0 saturated heterocycles. The number of hydrogen-bond acceptors (Lipinski definition) is 4. The second-order valence-corrected chi connectivity index (χ2v) is 4.26. The van der Waals surface area contributed by atoms with E-state index in [-0.39, 0.29) is 23.0 Å². The van der Waals surface area contributed by atoms with Crippen molar-refractivity contribution in [2.75, 3.05) is 5.32 Å². The summed E-state index contributed by atoms with van der Waals surface area (Å²) in [6, 6.07) is 3.98. The number of anilines is 1. The first-order valence-corrected chi connectivity index (χ1v) is 5.27. The van der Waals surface area contributed by atoms with E-state index in [2.05, 4.69) is 5.32 Å². The third kappa shape index (κ3) is 2.35. The molecule has 1 saturated carbocycles. The first kappa shape index (κ1) is 11.4. The van der Waals surface area contributed by atoms with Gasteiger partial charge in [-0.3, -0.25) is 10.1 Å². The number of nitrogens with zero attached hydrogens (tertiary/aromatic N) is 1. The molecule has 6 heteroatoms. The largest absolute Gasteiger partial charge is 0.478 e. The van der Waals surface area contributed by atoms with Crippen LogP contribution in [0.3, 0.4) is 0 Å². The lowest BCUT2D eigenvalue weighted by atomic mass is 10.1. The number of hydrogen-bond donors (Lipinski definition) is 2. The SMILES string of the molecule is CC1CC1Nc1cc(C(=O)O)ccc1[N+](=O)[O-]. The van der Waals surface area contributed by atoms with Gasteiger partial charge >= 0.3 is 5.97 Å². The third-order valence-electron chi connectivity index (χ3n) is 2.89. The number of aromatic carboxylic acids is 1. The Hall–Kier alpha value is -2.11. The topological polar surface area (TPSA) is 92.5 Å². The highest BCUT2D eigenvalue weighted by atomic mass is 16.6. The number of benzene rings is 1. The van der Waals surface area contributed by atoms with Crippen molar-refractivity contribution in [1.29, 1.82) is 0 Å². The average molecular weight is 236 g/mol. The molecule has 90 valence electrons. The Bertz CT molecular complexity index is 486. The molecule has 0 amide bonds. The highest BCUT2D eigenvalue weighted by Crippen LogP contribution is 2.36. The first-order chi connectivity index (χ1) is 7.99. The lowest BCUT2D eigenvalue weighted by Crippen LogP contribution is -2.07. The van der Waals surface area contributed by atoms with Crippen molar-refractivity contribution >= 4 is 17.3 Å². The number of nitro groups is 1. The van der Waals surface area contributed by atoms with E-state index in [0.717, 1.165) is 6.42 Å². The molecule has 6 nitrogen and oxygen atoms in total. The number of nitro benzene ring substituents is 1. The van der Waals surface area contributed by atoms with Crippen LogP contribution in [0.5, 0.6) is 0 Å². The Balaban J connectivity index is 2.33. The number of carboxylic acids is 1. The molecule has 1 aromatic carbocycles. The van der Waals surface area contributed by atoms with Gasteiger partial charge in [0.1, 0.15) is 5.69 Å². The van der Waals surface area contributed by atoms with Crippen molar-refractivity contribution in [3.63, 3.8) is 0 Å². The van der Waals surface area contributed by atoms with Gasteiger partial charge in [0.25, 0.3) is 5.69 Å². The zero-order valence-electron chi connectivity index (χ0n) is 9.21. The molecule has 17 heavy (non-hydrogen) atoms. The molecule has 0 bridgehead atoms. The van der Waals surface area contributed by atoms with Gasteiger partial charge in [-0.15, -0.1) is 0 Å². The molecular formula is C11H12N2O4. The minimum Gasteiger partial charge on any atom is -0.478 e. The van der Waals surface area contributed by atoms with Crippen molar-refractivity contribution in [3.8, 4) is 0 Å². The standard InChI is InChI=1S/C11H12N2O4/c1-6-4-8(6)12-9-5-7(11(14)15)2-3-10(9)13(16)17/h2-3,5-6,8,12H,4H2,1H3,(H,14,15). The van der Waals surface area contributed by atoms with Crippen LogP contribution in [0.25, 0.3) is 0 Å². The van der Waals surface area contributed by atoms with E-state index in [4.69, 9.17) is 5.11 Å². The highest BCUT2D eigenvalue weighted by molar-refractivity contribution is 5.90. The Morgan fingerprint density at radius 3 is 2.71 bits per heavy atom. The normalized spacial score (nSPS) is 21.9. The molecule has 1 aliphatic rings. The Morgan fingerprint density at radius 2 is 2.24 bits per heavy atom. The zero-order chi connectivity index (χ0) is 12.6. The van der Waals surface area contributed by atoms with Crippen LogP contribution in [0, 0.1) is 16.0 Å². The molecule has 0 radical (unpaired) electrons. The molecule has 1 fully saturated rings. The third-order valence-corrected chi connectivity index (χ3v) is 2.89. The van der Waals surface area contributed by atoms with E-state index in [1.165, 1.54) is 18.2 Å². The lowest BCUT2D eigenvalue weighted by Gasteiger charge is -2.06. The Labute approximate surface area is 97.4 Å². The predicted octanol–water partition coefficient (Wildman–Crippen LogP) is 2.11. The fraction of sp³-hybridized carbons (Fsp3) is 0.364. The van der Waals surface area contributed by atoms with Crippen LogP contribution in [0.15, 0.2) is 18.2 Å². The van der Waals surface area contributed by atoms with Gasteiger partial charge in [-0.25, -0.2) is 4.79 Å². The van der Waals surface area contributed by atoms with Gasteiger partial charge in [-0.1, -0.05) is 6.92 Å². The molecule has 2 rings (SSSR count). The van der Waals surface area contributed by atoms with Gasteiger partial charge in [0.2, 0.25) is 0 Å². The van der Waals surface area contributed by atoms with Crippen LogP contribution in [-0.4, -0.2) is 22.0 Å². The van der Waals surface area contributed by atoms with Crippen LogP contribution in [-0.2, 0) is 0 Å². The van der Waals surface area contributed by atoms with E-state index in [0.29, 0.717) is 5.92 Å². The lowest BCUT2D eigenvalue weighted by molar-refractivity contribution is -0.384. The minimum absolute atomic E-state index is 0.0476. The van der Waals surface area contributed by atoms with Crippen LogP contribution in [0.1, 0.15) is 23.7 Å². The van der Waals surface area contributed by atoms with E-state index < -0.39 is 10.9 Å². The van der Waals surface area contributed by atoms with Gasteiger partial charge in [0.05, 0.1) is 10.5 Å².